The number of carbonyl (C=O) groups excluding carboxylic acids is 1. The van der Waals surface area contributed by atoms with Gasteiger partial charge in [-0.05, 0) is 49.2 Å². The number of methoxy groups -OCH3 is 2. The van der Waals surface area contributed by atoms with Gasteiger partial charge in [-0.15, -0.1) is 0 Å². The van der Waals surface area contributed by atoms with Crippen LogP contribution in [0.4, 0.5) is 4.39 Å². The number of hydrogen-bond donors (Lipinski definition) is 1. The maximum absolute atomic E-state index is 13.9. The highest BCUT2D eigenvalue weighted by atomic mass is 19.1. The summed E-state index contributed by atoms with van der Waals surface area (Å²) in [6.45, 7) is 0.464. The summed E-state index contributed by atoms with van der Waals surface area (Å²) < 4.78 is 29.3. The highest BCUT2D eigenvalue weighted by molar-refractivity contribution is 5.94. The van der Waals surface area contributed by atoms with Crippen molar-refractivity contribution in [2.24, 2.45) is 0 Å². The molecule has 7 nitrogen and oxygen atoms in total. The van der Waals surface area contributed by atoms with Crippen LogP contribution in [0.15, 0.2) is 47.0 Å². The number of rotatable bonds is 10. The van der Waals surface area contributed by atoms with Gasteiger partial charge in [0.15, 0.2) is 0 Å². The Hall–Kier alpha value is -3.42. The number of carbonyl (C=O) groups is 1. The van der Waals surface area contributed by atoms with Crippen molar-refractivity contribution in [2.75, 3.05) is 20.8 Å². The molecule has 0 saturated carbocycles. The third-order valence-electron chi connectivity index (χ3n) is 4.59. The molecule has 0 aliphatic carbocycles. The molecule has 2 aromatic carbocycles. The first kappa shape index (κ1) is 21.3. The molecule has 0 radical (unpaired) electrons. The van der Waals surface area contributed by atoms with E-state index < -0.39 is 11.7 Å². The standard InChI is InChI=1S/C22H24FN3O4/c1-28-16-9-7-15(8-10-16)21-25-20(30-26-21)6-4-3-5-13-24-22(27)18-12-11-17(29-2)14-19(18)23/h7-12,14H,3-6,13H2,1-2H3,(H,24,27). The molecule has 3 rings (SSSR count). The largest absolute Gasteiger partial charge is 0.497 e. The van der Waals surface area contributed by atoms with Crippen LogP contribution in [0.5, 0.6) is 11.5 Å². The number of unbranched alkanes of at least 4 members (excludes halogenated alkanes) is 2. The number of nitrogens with zero attached hydrogens (tertiary/aromatic N) is 2. The molecular weight excluding hydrogens is 389 g/mol. The third kappa shape index (κ3) is 5.56. The minimum absolute atomic E-state index is 0.00715. The first-order chi connectivity index (χ1) is 14.6. The monoisotopic (exact) mass is 413 g/mol. The lowest BCUT2D eigenvalue weighted by atomic mass is 10.1. The summed E-state index contributed by atoms with van der Waals surface area (Å²) in [5.74, 6) is 1.23. The molecule has 1 amide bonds. The van der Waals surface area contributed by atoms with Crippen LogP contribution in [0.1, 0.15) is 35.5 Å². The summed E-state index contributed by atoms with van der Waals surface area (Å²) in [5.41, 5.74) is 0.868. The molecule has 0 aliphatic rings. The molecule has 8 heteroatoms. The van der Waals surface area contributed by atoms with Gasteiger partial charge in [-0.1, -0.05) is 11.6 Å². The van der Waals surface area contributed by atoms with Gasteiger partial charge in [0.1, 0.15) is 17.3 Å². The minimum Gasteiger partial charge on any atom is -0.497 e. The summed E-state index contributed by atoms with van der Waals surface area (Å²) in [7, 11) is 3.06. The van der Waals surface area contributed by atoms with E-state index in [1.165, 1.54) is 19.2 Å². The van der Waals surface area contributed by atoms with E-state index >= 15 is 0 Å². The summed E-state index contributed by atoms with van der Waals surface area (Å²) >= 11 is 0. The lowest BCUT2D eigenvalue weighted by Gasteiger charge is -2.07. The molecule has 0 saturated heterocycles. The average Bonchev–Trinajstić information content (AvgIpc) is 3.24. The Bertz CT molecular complexity index is 973. The quantitative estimate of drug-likeness (QED) is 0.505. The van der Waals surface area contributed by atoms with Crippen LogP contribution >= 0.6 is 0 Å². The van der Waals surface area contributed by atoms with Crippen LogP contribution in [0.2, 0.25) is 0 Å². The van der Waals surface area contributed by atoms with Gasteiger partial charge in [0.25, 0.3) is 5.91 Å². The van der Waals surface area contributed by atoms with Crippen molar-refractivity contribution in [2.45, 2.75) is 25.7 Å². The number of aryl methyl sites for hydroxylation is 1. The van der Waals surface area contributed by atoms with Gasteiger partial charge in [-0.2, -0.15) is 4.98 Å². The van der Waals surface area contributed by atoms with E-state index in [0.717, 1.165) is 30.6 Å². The number of halogens is 1. The molecule has 1 aromatic heterocycles. The third-order valence-corrected chi connectivity index (χ3v) is 4.59. The molecule has 1 heterocycles. The second-order valence-electron chi connectivity index (χ2n) is 6.65. The van der Waals surface area contributed by atoms with Crippen molar-refractivity contribution in [3.63, 3.8) is 0 Å². The maximum Gasteiger partial charge on any atom is 0.254 e. The van der Waals surface area contributed by atoms with Crippen molar-refractivity contribution < 1.29 is 23.2 Å². The average molecular weight is 413 g/mol. The maximum atomic E-state index is 13.9. The zero-order valence-corrected chi connectivity index (χ0v) is 17.0. The molecular formula is C22H24FN3O4. The van der Waals surface area contributed by atoms with E-state index in [1.54, 1.807) is 13.2 Å². The summed E-state index contributed by atoms with van der Waals surface area (Å²) in [4.78, 5) is 16.5. The van der Waals surface area contributed by atoms with Gasteiger partial charge in [0.2, 0.25) is 11.7 Å². The second kappa shape index (κ2) is 10.4. The van der Waals surface area contributed by atoms with E-state index in [1.807, 2.05) is 24.3 Å². The lowest BCUT2D eigenvalue weighted by Crippen LogP contribution is -2.25. The first-order valence-electron chi connectivity index (χ1n) is 9.69. The minimum atomic E-state index is -0.601. The van der Waals surface area contributed by atoms with Gasteiger partial charge in [-0.25, -0.2) is 4.39 Å². The van der Waals surface area contributed by atoms with Crippen LogP contribution in [0.3, 0.4) is 0 Å². The van der Waals surface area contributed by atoms with E-state index in [2.05, 4.69) is 15.5 Å². The molecule has 0 fully saturated rings. The number of aromatic nitrogens is 2. The molecule has 0 atom stereocenters. The Morgan fingerprint density at radius 2 is 1.77 bits per heavy atom. The normalized spacial score (nSPS) is 10.6. The fourth-order valence-electron chi connectivity index (χ4n) is 2.90. The number of hydrogen-bond acceptors (Lipinski definition) is 6. The molecule has 0 aliphatic heterocycles. The van der Waals surface area contributed by atoms with Gasteiger partial charge in [0, 0.05) is 24.6 Å². The Kier molecular flexibility index (Phi) is 7.37. The Morgan fingerprint density at radius 3 is 2.47 bits per heavy atom. The van der Waals surface area contributed by atoms with Gasteiger partial charge >= 0.3 is 0 Å². The van der Waals surface area contributed by atoms with Crippen molar-refractivity contribution in [3.8, 4) is 22.9 Å². The van der Waals surface area contributed by atoms with Crippen molar-refractivity contribution >= 4 is 5.91 Å². The predicted octanol–water partition coefficient (Wildman–Crippen LogP) is 4.04. The van der Waals surface area contributed by atoms with Gasteiger partial charge in [0.05, 0.1) is 19.8 Å². The van der Waals surface area contributed by atoms with E-state index in [-0.39, 0.29) is 5.56 Å². The second-order valence-corrected chi connectivity index (χ2v) is 6.65. The van der Waals surface area contributed by atoms with E-state index in [4.69, 9.17) is 14.0 Å². The van der Waals surface area contributed by atoms with Crippen LogP contribution in [0, 0.1) is 5.82 Å². The molecule has 1 N–H and O–H groups in total. The van der Waals surface area contributed by atoms with Gasteiger partial charge < -0.3 is 19.3 Å². The molecule has 0 unspecified atom stereocenters. The Labute approximate surface area is 174 Å². The van der Waals surface area contributed by atoms with Crippen molar-refractivity contribution in [1.82, 2.24) is 15.5 Å². The molecule has 0 spiro atoms. The molecule has 158 valence electrons. The predicted molar refractivity (Wildman–Crippen MR) is 109 cm³/mol. The summed E-state index contributed by atoms with van der Waals surface area (Å²) in [6, 6.07) is 11.6. The van der Waals surface area contributed by atoms with E-state index in [9.17, 15) is 9.18 Å². The lowest BCUT2D eigenvalue weighted by molar-refractivity contribution is 0.0949. The van der Waals surface area contributed by atoms with Crippen LogP contribution < -0.4 is 14.8 Å². The smallest absolute Gasteiger partial charge is 0.254 e. The van der Waals surface area contributed by atoms with Crippen LogP contribution in [-0.4, -0.2) is 36.8 Å². The molecule has 0 bridgehead atoms. The number of nitrogens with one attached hydrogen (secondary N) is 1. The molecule has 3 aromatic rings. The first-order valence-corrected chi connectivity index (χ1v) is 9.69. The summed E-state index contributed by atoms with van der Waals surface area (Å²) in [6.07, 6.45) is 3.13. The van der Waals surface area contributed by atoms with Crippen LogP contribution in [0.25, 0.3) is 11.4 Å². The Morgan fingerprint density at radius 1 is 1.03 bits per heavy atom. The fraction of sp³-hybridized carbons (Fsp3) is 0.318. The van der Waals surface area contributed by atoms with Gasteiger partial charge in [-0.3, -0.25) is 4.79 Å². The highest BCUT2D eigenvalue weighted by Crippen LogP contribution is 2.20. The van der Waals surface area contributed by atoms with E-state index in [0.29, 0.717) is 30.4 Å². The fourth-order valence-corrected chi connectivity index (χ4v) is 2.90. The zero-order chi connectivity index (χ0) is 21.3. The SMILES string of the molecule is COc1ccc(-c2noc(CCCCCNC(=O)c3ccc(OC)cc3F)n2)cc1. The number of amides is 1. The summed E-state index contributed by atoms with van der Waals surface area (Å²) in [5, 5.41) is 6.74. The number of ether oxygens (including phenoxy) is 2. The Balaban J connectivity index is 1.37. The molecule has 30 heavy (non-hydrogen) atoms. The van der Waals surface area contributed by atoms with Crippen molar-refractivity contribution in [1.29, 1.82) is 0 Å². The highest BCUT2D eigenvalue weighted by Gasteiger charge is 2.12. The number of benzene rings is 2. The van der Waals surface area contributed by atoms with Crippen LogP contribution in [-0.2, 0) is 6.42 Å². The zero-order valence-electron chi connectivity index (χ0n) is 17.0. The topological polar surface area (TPSA) is 86.5 Å². The van der Waals surface area contributed by atoms with Crippen molar-refractivity contribution in [3.05, 3.63) is 59.7 Å².